The predicted molar refractivity (Wildman–Crippen MR) is 234 cm³/mol. The molecule has 2 aliphatic carbocycles. The van der Waals surface area contributed by atoms with E-state index in [1.807, 2.05) is 17.4 Å². The second-order valence-corrected chi connectivity index (χ2v) is 17.2. The molecule has 55 heavy (non-hydrogen) atoms. The van der Waals surface area contributed by atoms with Crippen LogP contribution >= 0.6 is 34.0 Å². The molecule has 0 spiro atoms. The highest BCUT2D eigenvalue weighted by Gasteiger charge is 2.17. The van der Waals surface area contributed by atoms with Crippen molar-refractivity contribution in [3.63, 3.8) is 0 Å². The lowest BCUT2D eigenvalue weighted by Crippen LogP contribution is -1.96. The van der Waals surface area contributed by atoms with E-state index in [-0.39, 0.29) is 0 Å². The first-order chi connectivity index (χ1) is 27.2. The molecule has 0 radical (unpaired) electrons. The maximum absolute atomic E-state index is 5.18. The molecule has 0 aliphatic heterocycles. The summed E-state index contributed by atoms with van der Waals surface area (Å²) in [5.74, 6) is 0.700. The number of nitrogens with zero attached hydrogens (tertiary/aromatic N) is 4. The first-order valence-electron chi connectivity index (χ1n) is 18.6. The zero-order valence-electron chi connectivity index (χ0n) is 29.7. The number of thiophene rings is 1. The van der Waals surface area contributed by atoms with E-state index in [1.54, 1.807) is 22.7 Å². The van der Waals surface area contributed by atoms with Gasteiger partial charge in [-0.2, -0.15) is 0 Å². The summed E-state index contributed by atoms with van der Waals surface area (Å²) in [6, 6.07) is 43.3. The minimum atomic E-state index is 0.700. The van der Waals surface area contributed by atoms with Gasteiger partial charge < -0.3 is 0 Å². The first-order valence-corrected chi connectivity index (χ1v) is 21.1. The number of para-hydroxylation sites is 1. The fourth-order valence-electron chi connectivity index (χ4n) is 7.58. The lowest BCUT2D eigenvalue weighted by Gasteiger charge is -2.11. The van der Waals surface area contributed by atoms with Crippen LogP contribution in [-0.4, -0.2) is 19.9 Å². The van der Waals surface area contributed by atoms with Gasteiger partial charge in [0.1, 0.15) is 10.0 Å². The quantitative estimate of drug-likeness (QED) is 0.169. The highest BCUT2D eigenvalue weighted by atomic mass is 32.1. The van der Waals surface area contributed by atoms with Gasteiger partial charge in [-0.3, -0.25) is 0 Å². The summed E-state index contributed by atoms with van der Waals surface area (Å²) in [6.07, 6.45) is 13.4. The first kappa shape index (κ1) is 32.6. The number of hydrogen-bond acceptors (Lipinski definition) is 7. The Balaban J connectivity index is 0.952. The van der Waals surface area contributed by atoms with Crippen molar-refractivity contribution < 1.29 is 0 Å². The molecular formula is C48H32N4S3. The molecular weight excluding hydrogens is 729 g/mol. The van der Waals surface area contributed by atoms with E-state index in [4.69, 9.17) is 19.9 Å². The normalized spacial score (nSPS) is 13.4. The summed E-state index contributed by atoms with van der Waals surface area (Å²) >= 11 is 5.42. The highest BCUT2D eigenvalue weighted by molar-refractivity contribution is 7.21. The van der Waals surface area contributed by atoms with Crippen LogP contribution in [0.15, 0.2) is 133 Å². The van der Waals surface area contributed by atoms with Gasteiger partial charge in [-0.25, -0.2) is 19.9 Å². The van der Waals surface area contributed by atoms with Crippen molar-refractivity contribution in [2.75, 3.05) is 0 Å². The largest absolute Gasteiger partial charge is 0.240 e. The molecule has 5 aromatic carbocycles. The zero-order chi connectivity index (χ0) is 36.3. The Labute approximate surface area is 330 Å². The molecule has 0 saturated heterocycles. The van der Waals surface area contributed by atoms with Crippen LogP contribution in [0.3, 0.4) is 0 Å². The molecule has 4 nitrogen and oxygen atoms in total. The third-order valence-corrected chi connectivity index (χ3v) is 13.9. The van der Waals surface area contributed by atoms with E-state index in [0.29, 0.717) is 5.82 Å². The monoisotopic (exact) mass is 760 g/mol. The van der Waals surface area contributed by atoms with E-state index < -0.39 is 0 Å². The molecule has 0 atom stereocenters. The second-order valence-electron chi connectivity index (χ2n) is 14.0. The molecule has 4 heterocycles. The van der Waals surface area contributed by atoms with Gasteiger partial charge in [0.2, 0.25) is 0 Å². The smallest absolute Gasteiger partial charge is 0.160 e. The lowest BCUT2D eigenvalue weighted by atomic mass is 9.99. The number of rotatable bonds is 6. The van der Waals surface area contributed by atoms with Crippen LogP contribution in [0.4, 0.5) is 0 Å². The molecule has 2 aliphatic rings. The topological polar surface area (TPSA) is 51.6 Å². The van der Waals surface area contributed by atoms with E-state index in [1.165, 1.54) is 46.9 Å². The van der Waals surface area contributed by atoms with Gasteiger partial charge >= 0.3 is 0 Å². The van der Waals surface area contributed by atoms with Crippen molar-refractivity contribution >= 4 is 66.5 Å². The minimum Gasteiger partial charge on any atom is -0.240 e. The molecule has 0 fully saturated rings. The number of hydrogen-bond donors (Lipinski definition) is 0. The molecule has 0 saturated carbocycles. The standard InChI is InChI=1S/C48H32N4S3/c1-4-10-42-36(7-1)37-26-25-35(27-45(37)53-42)29-13-19-32(20-14-29)46-49-40(30-15-21-33(22-16-30)47-51-38-8-2-5-11-43(38)54-47)28-41(50-46)31-17-23-34(24-18-31)48-52-39-9-3-6-12-44(39)55-48/h1-2,5-8,11-28H,3-4,9-10H2. The lowest BCUT2D eigenvalue weighted by molar-refractivity contribution is 0.947. The number of fused-ring (bicyclic) bond motifs is 5. The number of thiazole rings is 2. The van der Waals surface area contributed by atoms with Crippen LogP contribution in [0, 0.1) is 0 Å². The van der Waals surface area contributed by atoms with Gasteiger partial charge in [-0.05, 0) is 78.1 Å². The molecule has 0 amide bonds. The van der Waals surface area contributed by atoms with Crippen LogP contribution in [0.2, 0.25) is 0 Å². The molecule has 0 unspecified atom stereocenters. The average Bonchev–Trinajstić information content (AvgIpc) is 3.99. The van der Waals surface area contributed by atoms with E-state index in [9.17, 15) is 0 Å². The third-order valence-electron chi connectivity index (χ3n) is 10.5. The molecule has 0 bridgehead atoms. The van der Waals surface area contributed by atoms with Crippen molar-refractivity contribution in [3.8, 4) is 66.2 Å². The Kier molecular flexibility index (Phi) is 7.97. The molecule has 0 N–H and O–H groups in total. The van der Waals surface area contributed by atoms with Crippen molar-refractivity contribution in [1.82, 2.24) is 19.9 Å². The highest BCUT2D eigenvalue weighted by Crippen LogP contribution is 2.39. The van der Waals surface area contributed by atoms with Gasteiger partial charge in [-0.1, -0.05) is 115 Å². The van der Waals surface area contributed by atoms with E-state index >= 15 is 0 Å². The Morgan fingerprint density at radius 3 is 1.84 bits per heavy atom. The molecule has 7 heteroatoms. The van der Waals surface area contributed by atoms with Gasteiger partial charge in [0.25, 0.3) is 0 Å². The Hall–Kier alpha value is -5.86. The van der Waals surface area contributed by atoms with Gasteiger partial charge in [0.05, 0.1) is 32.2 Å². The van der Waals surface area contributed by atoms with Crippen LogP contribution in [0.5, 0.6) is 0 Å². The minimum absolute atomic E-state index is 0.700. The maximum atomic E-state index is 5.18. The van der Waals surface area contributed by atoms with Crippen molar-refractivity contribution in [2.24, 2.45) is 0 Å². The maximum Gasteiger partial charge on any atom is 0.160 e. The van der Waals surface area contributed by atoms with Crippen LogP contribution in [0.25, 0.3) is 98.6 Å². The van der Waals surface area contributed by atoms with Crippen molar-refractivity contribution in [1.29, 1.82) is 0 Å². The summed E-state index contributed by atoms with van der Waals surface area (Å²) in [5.41, 5.74) is 13.1. The van der Waals surface area contributed by atoms with Gasteiger partial charge in [0.15, 0.2) is 5.82 Å². The number of aromatic nitrogens is 4. The third kappa shape index (κ3) is 6.05. The molecule has 4 aromatic heterocycles. The number of allylic oxidation sites excluding steroid dienone is 2. The van der Waals surface area contributed by atoms with Crippen LogP contribution in [-0.2, 0) is 12.8 Å². The molecule has 11 rings (SSSR count). The van der Waals surface area contributed by atoms with Crippen molar-refractivity contribution in [3.05, 3.63) is 154 Å². The number of aryl methyl sites for hydroxylation is 2. The zero-order valence-corrected chi connectivity index (χ0v) is 32.1. The van der Waals surface area contributed by atoms with Crippen LogP contribution < -0.4 is 0 Å². The Bertz CT molecular complexity index is 2930. The average molecular weight is 761 g/mol. The molecule has 9 aromatic rings. The SMILES string of the molecule is C1=Cc2sc(-c3ccc(-c4cc(-c5ccc(-c6nc7ccccc7s6)cc5)nc(-c5ccc(-c6ccc7c8c(sc7c6)CCC=C8)cc5)n4)cc3)nc2CC1. The fraction of sp³-hybridized carbons (Fsp3) is 0.0833. The summed E-state index contributed by atoms with van der Waals surface area (Å²) in [6.45, 7) is 0. The fourth-order valence-corrected chi connectivity index (χ4v) is 10.9. The Morgan fingerprint density at radius 1 is 0.455 bits per heavy atom. The predicted octanol–water partition coefficient (Wildman–Crippen LogP) is 13.7. The molecule has 262 valence electrons. The van der Waals surface area contributed by atoms with Gasteiger partial charge in [0, 0.05) is 37.4 Å². The summed E-state index contributed by atoms with van der Waals surface area (Å²) < 4.78 is 2.54. The number of benzene rings is 5. The summed E-state index contributed by atoms with van der Waals surface area (Å²) in [4.78, 5) is 23.0. The summed E-state index contributed by atoms with van der Waals surface area (Å²) in [5, 5.41) is 3.44. The van der Waals surface area contributed by atoms with Crippen molar-refractivity contribution in [2.45, 2.75) is 25.7 Å². The van der Waals surface area contributed by atoms with Gasteiger partial charge in [-0.15, -0.1) is 34.0 Å². The second kappa shape index (κ2) is 13.5. The Morgan fingerprint density at radius 2 is 1.09 bits per heavy atom. The summed E-state index contributed by atoms with van der Waals surface area (Å²) in [7, 11) is 0. The van der Waals surface area contributed by atoms with E-state index in [2.05, 4.69) is 140 Å². The van der Waals surface area contributed by atoms with E-state index in [0.717, 1.165) is 80.4 Å². The van der Waals surface area contributed by atoms with Crippen LogP contribution in [0.1, 0.15) is 33.9 Å².